The molecule has 0 unspecified atom stereocenters. The topological polar surface area (TPSA) is 117 Å². The van der Waals surface area contributed by atoms with Crippen LogP contribution in [0, 0.1) is 0 Å². The highest BCUT2D eigenvalue weighted by atomic mass is 16.5. The van der Waals surface area contributed by atoms with Crippen LogP contribution in [0.5, 0.6) is 0 Å². The first-order chi connectivity index (χ1) is 10.7. The summed E-state index contributed by atoms with van der Waals surface area (Å²) in [5, 5.41) is 7.49. The number of carbonyl (C=O) groups is 1. The number of ether oxygens (including phenoxy) is 1. The highest BCUT2D eigenvalue weighted by Gasteiger charge is 2.14. The molecular weight excluding hydrogens is 288 g/mol. The summed E-state index contributed by atoms with van der Waals surface area (Å²) in [4.78, 5) is 27.1. The smallest absolute Gasteiger partial charge is 0.355 e. The van der Waals surface area contributed by atoms with Gasteiger partial charge in [-0.2, -0.15) is 4.68 Å². The first kappa shape index (κ1) is 13.9. The molecule has 0 bridgehead atoms. The Kier molecular flexibility index (Phi) is 3.62. The summed E-state index contributed by atoms with van der Waals surface area (Å²) in [7, 11) is 0. The largest absolute Gasteiger partial charge is 0.364 e. The predicted molar refractivity (Wildman–Crippen MR) is 74.8 cm³/mol. The molecule has 0 saturated heterocycles. The van der Waals surface area contributed by atoms with Crippen LogP contribution in [0.3, 0.4) is 0 Å². The van der Waals surface area contributed by atoms with E-state index in [4.69, 9.17) is 10.5 Å². The Bertz CT molecular complexity index is 870. The molecule has 0 saturated carbocycles. The molecule has 3 rings (SSSR count). The second-order valence-corrected chi connectivity index (χ2v) is 4.49. The zero-order chi connectivity index (χ0) is 15.5. The van der Waals surface area contributed by atoms with E-state index in [1.165, 1.54) is 6.33 Å². The van der Waals surface area contributed by atoms with Crippen LogP contribution in [0.1, 0.15) is 16.1 Å². The fourth-order valence-corrected chi connectivity index (χ4v) is 1.92. The van der Waals surface area contributed by atoms with Gasteiger partial charge in [-0.25, -0.2) is 14.2 Å². The third-order valence-corrected chi connectivity index (χ3v) is 2.98. The van der Waals surface area contributed by atoms with Gasteiger partial charge in [0.05, 0.1) is 6.61 Å². The minimum absolute atomic E-state index is 0.0248. The number of nitrogens with two attached hydrogens (primary N) is 1. The molecule has 2 heterocycles. The van der Waals surface area contributed by atoms with Gasteiger partial charge < -0.3 is 10.5 Å². The Morgan fingerprint density at radius 2 is 2.05 bits per heavy atom. The van der Waals surface area contributed by atoms with Crippen molar-refractivity contribution in [2.45, 2.75) is 13.3 Å². The summed E-state index contributed by atoms with van der Waals surface area (Å²) in [6.45, 7) is 0.268. The molecule has 9 heteroatoms. The quantitative estimate of drug-likeness (QED) is 0.682. The van der Waals surface area contributed by atoms with E-state index < -0.39 is 11.6 Å². The first-order valence-electron chi connectivity index (χ1n) is 6.39. The second kappa shape index (κ2) is 5.74. The molecule has 2 N–H and O–H groups in total. The van der Waals surface area contributed by atoms with Crippen LogP contribution in [-0.2, 0) is 18.1 Å². The van der Waals surface area contributed by atoms with Crippen LogP contribution < -0.4 is 11.4 Å². The van der Waals surface area contributed by atoms with Crippen molar-refractivity contribution in [3.8, 4) is 0 Å². The van der Waals surface area contributed by atoms with Gasteiger partial charge in [0, 0.05) is 0 Å². The maximum absolute atomic E-state index is 12.2. The van der Waals surface area contributed by atoms with Crippen molar-refractivity contribution in [2.24, 2.45) is 5.73 Å². The summed E-state index contributed by atoms with van der Waals surface area (Å²) in [6.07, 6.45) is 1.18. The lowest BCUT2D eigenvalue weighted by Gasteiger charge is -2.05. The van der Waals surface area contributed by atoms with Crippen molar-refractivity contribution in [2.75, 3.05) is 0 Å². The number of hydrogen-bond donors (Lipinski definition) is 1. The van der Waals surface area contributed by atoms with Gasteiger partial charge in [0.2, 0.25) is 0 Å². The van der Waals surface area contributed by atoms with E-state index in [1.54, 1.807) is 0 Å². The molecule has 9 nitrogen and oxygen atoms in total. The molecule has 22 heavy (non-hydrogen) atoms. The summed E-state index contributed by atoms with van der Waals surface area (Å²) >= 11 is 0. The van der Waals surface area contributed by atoms with E-state index in [9.17, 15) is 9.59 Å². The Morgan fingerprint density at radius 3 is 2.77 bits per heavy atom. The summed E-state index contributed by atoms with van der Waals surface area (Å²) in [5.41, 5.74) is 5.53. The third-order valence-electron chi connectivity index (χ3n) is 2.98. The number of imidazole rings is 1. The van der Waals surface area contributed by atoms with Crippen molar-refractivity contribution < 1.29 is 9.53 Å². The molecule has 0 aliphatic carbocycles. The van der Waals surface area contributed by atoms with E-state index in [0.717, 1.165) is 14.6 Å². The first-order valence-corrected chi connectivity index (χ1v) is 6.39. The van der Waals surface area contributed by atoms with Crippen molar-refractivity contribution in [1.29, 1.82) is 0 Å². The highest BCUT2D eigenvalue weighted by Crippen LogP contribution is 2.02. The van der Waals surface area contributed by atoms with Gasteiger partial charge in [-0.3, -0.25) is 4.79 Å². The number of amides is 1. The second-order valence-electron chi connectivity index (χ2n) is 4.49. The van der Waals surface area contributed by atoms with Crippen LogP contribution >= 0.6 is 0 Å². The number of hydrogen-bond acceptors (Lipinski definition) is 6. The molecule has 0 fully saturated rings. The number of fused-ring (bicyclic) bond motifs is 1. The number of benzene rings is 1. The molecule has 0 atom stereocenters. The lowest BCUT2D eigenvalue weighted by Crippen LogP contribution is -2.31. The van der Waals surface area contributed by atoms with Crippen LogP contribution in [0.4, 0.5) is 0 Å². The number of aromatic nitrogens is 5. The Labute approximate surface area is 124 Å². The fourth-order valence-electron chi connectivity index (χ4n) is 1.92. The van der Waals surface area contributed by atoms with Gasteiger partial charge in [0.1, 0.15) is 13.1 Å². The van der Waals surface area contributed by atoms with E-state index in [0.29, 0.717) is 6.61 Å². The Morgan fingerprint density at radius 1 is 1.27 bits per heavy atom. The summed E-state index contributed by atoms with van der Waals surface area (Å²) in [6, 6.07) is 9.52. The Balaban J connectivity index is 1.79. The lowest BCUT2D eigenvalue weighted by atomic mass is 10.2. The predicted octanol–water partition coefficient (Wildman–Crippen LogP) is -0.441. The minimum Gasteiger partial charge on any atom is -0.364 e. The van der Waals surface area contributed by atoms with Crippen LogP contribution in [0.25, 0.3) is 5.65 Å². The molecule has 3 aromatic rings. The van der Waals surface area contributed by atoms with Crippen LogP contribution in [-0.4, -0.2) is 30.3 Å². The molecule has 2 aromatic heterocycles. The third kappa shape index (κ3) is 2.56. The van der Waals surface area contributed by atoms with Crippen molar-refractivity contribution in [3.05, 3.63) is 58.4 Å². The molecule has 1 amide bonds. The number of nitrogens with zero attached hydrogens (tertiary/aromatic N) is 5. The molecule has 0 spiro atoms. The number of primary amides is 1. The van der Waals surface area contributed by atoms with E-state index in [-0.39, 0.29) is 18.1 Å². The minimum atomic E-state index is -0.769. The fraction of sp³-hybridized carbons (Fsp3) is 0.154. The van der Waals surface area contributed by atoms with Gasteiger partial charge >= 0.3 is 5.69 Å². The van der Waals surface area contributed by atoms with Gasteiger partial charge in [-0.05, 0) is 5.56 Å². The average Bonchev–Trinajstić information content (AvgIpc) is 2.95. The molecule has 1 aromatic carbocycles. The van der Waals surface area contributed by atoms with Crippen molar-refractivity contribution in [3.63, 3.8) is 0 Å². The number of carbonyl (C=O) groups excluding carboxylic acids is 1. The van der Waals surface area contributed by atoms with E-state index in [1.807, 2.05) is 30.3 Å². The summed E-state index contributed by atoms with van der Waals surface area (Å²) < 4.78 is 7.55. The summed E-state index contributed by atoms with van der Waals surface area (Å²) in [5.74, 6) is -0.769. The lowest BCUT2D eigenvalue weighted by molar-refractivity contribution is 0.0495. The molecule has 0 radical (unpaired) electrons. The molecule has 0 aliphatic rings. The van der Waals surface area contributed by atoms with Gasteiger partial charge in [-0.1, -0.05) is 35.5 Å². The maximum atomic E-state index is 12.2. The zero-order valence-corrected chi connectivity index (χ0v) is 11.4. The average molecular weight is 300 g/mol. The number of rotatable bonds is 5. The van der Waals surface area contributed by atoms with Crippen LogP contribution in [0.2, 0.25) is 0 Å². The van der Waals surface area contributed by atoms with Gasteiger partial charge in [0.15, 0.2) is 11.3 Å². The maximum Gasteiger partial charge on any atom is 0.355 e. The van der Waals surface area contributed by atoms with Crippen LogP contribution in [0.15, 0.2) is 41.5 Å². The van der Waals surface area contributed by atoms with E-state index in [2.05, 4.69) is 15.3 Å². The standard InChI is InChI=1S/C13H12N6O3/c14-11(20)10-12-16-17-19(13(21)18(12)7-15-10)8-22-6-9-4-2-1-3-5-9/h1-5,7H,6,8H2,(H2,14,20). The van der Waals surface area contributed by atoms with Gasteiger partial charge in [0.25, 0.3) is 5.91 Å². The molecule has 0 aliphatic heterocycles. The van der Waals surface area contributed by atoms with Gasteiger partial charge in [-0.15, -0.1) is 5.10 Å². The molecular formula is C13H12N6O3. The highest BCUT2D eigenvalue weighted by molar-refractivity contribution is 5.96. The van der Waals surface area contributed by atoms with Crippen molar-refractivity contribution in [1.82, 2.24) is 24.4 Å². The molecule has 112 valence electrons. The zero-order valence-electron chi connectivity index (χ0n) is 11.4. The normalized spacial score (nSPS) is 10.9. The Hall–Kier alpha value is -3.07. The SMILES string of the molecule is NC(=O)c1ncn2c(=O)n(COCc3ccccc3)nnc12. The van der Waals surface area contributed by atoms with E-state index >= 15 is 0 Å². The van der Waals surface area contributed by atoms with Crippen molar-refractivity contribution >= 4 is 11.6 Å². The monoisotopic (exact) mass is 300 g/mol.